The summed E-state index contributed by atoms with van der Waals surface area (Å²) in [6, 6.07) is 10.4. The van der Waals surface area contributed by atoms with Gasteiger partial charge in [-0.15, -0.1) is 11.3 Å². The number of imidazole rings is 1. The minimum Gasteiger partial charge on any atom is -0.366 e. The van der Waals surface area contributed by atoms with Crippen LogP contribution in [0.15, 0.2) is 30.3 Å². The van der Waals surface area contributed by atoms with E-state index in [1.165, 1.54) is 37.1 Å². The number of carbonyl (C=O) groups is 1. The first-order valence-electron chi connectivity index (χ1n) is 9.30. The fourth-order valence-corrected chi connectivity index (χ4v) is 5.00. The van der Waals surface area contributed by atoms with Crippen molar-refractivity contribution in [3.63, 3.8) is 0 Å². The molecule has 0 bridgehead atoms. The van der Waals surface area contributed by atoms with Gasteiger partial charge in [0.15, 0.2) is 0 Å². The number of carbonyl (C=O) groups excluding carboxylic acids is 1. The monoisotopic (exact) mass is 368 g/mol. The molecule has 0 aliphatic carbocycles. The number of hydrogen-bond donors (Lipinski definition) is 2. The molecule has 1 aromatic carbocycles. The molecule has 1 aliphatic heterocycles. The van der Waals surface area contributed by atoms with Crippen LogP contribution in [0.3, 0.4) is 0 Å². The van der Waals surface area contributed by atoms with Crippen molar-refractivity contribution < 1.29 is 4.79 Å². The van der Waals surface area contributed by atoms with Crippen LogP contribution in [0.5, 0.6) is 0 Å². The molecule has 26 heavy (non-hydrogen) atoms. The molecule has 5 nitrogen and oxygen atoms in total. The lowest BCUT2D eigenvalue weighted by Crippen LogP contribution is -2.33. The van der Waals surface area contributed by atoms with E-state index in [0.29, 0.717) is 17.1 Å². The summed E-state index contributed by atoms with van der Waals surface area (Å²) in [6.07, 6.45) is 5.01. The Labute approximate surface area is 157 Å². The highest BCUT2D eigenvalue weighted by Crippen LogP contribution is 2.38. The summed E-state index contributed by atoms with van der Waals surface area (Å²) in [5.41, 5.74) is 7.43. The summed E-state index contributed by atoms with van der Waals surface area (Å²) < 4.78 is 0. The van der Waals surface area contributed by atoms with Crippen molar-refractivity contribution in [2.45, 2.75) is 38.6 Å². The van der Waals surface area contributed by atoms with E-state index in [4.69, 9.17) is 5.73 Å². The second kappa shape index (κ2) is 7.21. The molecule has 2 aromatic heterocycles. The zero-order valence-electron chi connectivity index (χ0n) is 15.0. The summed E-state index contributed by atoms with van der Waals surface area (Å²) >= 11 is 1.80. The quantitative estimate of drug-likeness (QED) is 0.704. The van der Waals surface area contributed by atoms with Crippen molar-refractivity contribution in [1.29, 1.82) is 0 Å². The predicted octanol–water partition coefficient (Wildman–Crippen LogP) is 4.33. The number of nitrogens with one attached hydrogen (secondary N) is 1. The van der Waals surface area contributed by atoms with Crippen molar-refractivity contribution in [2.24, 2.45) is 5.73 Å². The summed E-state index contributed by atoms with van der Waals surface area (Å²) in [5.74, 6) is 0.362. The average molecular weight is 369 g/mol. The lowest BCUT2D eigenvalue weighted by atomic mass is 10.0. The van der Waals surface area contributed by atoms with E-state index in [2.05, 4.69) is 33.9 Å². The molecule has 1 aliphatic rings. The van der Waals surface area contributed by atoms with E-state index in [1.807, 2.05) is 12.1 Å². The van der Waals surface area contributed by atoms with Crippen molar-refractivity contribution in [1.82, 2.24) is 14.9 Å². The number of aromatic amines is 1. The smallest absolute Gasteiger partial charge is 0.250 e. The van der Waals surface area contributed by atoms with Gasteiger partial charge in [0.25, 0.3) is 5.91 Å². The molecule has 3 heterocycles. The van der Waals surface area contributed by atoms with Gasteiger partial charge in [-0.3, -0.25) is 9.69 Å². The SMILES string of the molecule is CCCN1CCCCC1c1ccc(-c2nc3c(C(N)=O)cccc3[nH]2)s1. The number of thiophene rings is 1. The lowest BCUT2D eigenvalue weighted by molar-refractivity contribution is 0.100. The number of fused-ring (bicyclic) bond motifs is 1. The Morgan fingerprint density at radius 2 is 2.23 bits per heavy atom. The molecule has 4 rings (SSSR count). The first-order valence-corrected chi connectivity index (χ1v) is 10.1. The maximum Gasteiger partial charge on any atom is 0.250 e. The van der Waals surface area contributed by atoms with Gasteiger partial charge < -0.3 is 10.7 Å². The van der Waals surface area contributed by atoms with Crippen molar-refractivity contribution in [3.05, 3.63) is 40.8 Å². The Morgan fingerprint density at radius 1 is 1.35 bits per heavy atom. The topological polar surface area (TPSA) is 75.0 Å². The maximum atomic E-state index is 11.6. The van der Waals surface area contributed by atoms with E-state index < -0.39 is 5.91 Å². The van der Waals surface area contributed by atoms with Crippen LogP contribution < -0.4 is 5.73 Å². The highest BCUT2D eigenvalue weighted by atomic mass is 32.1. The van der Waals surface area contributed by atoms with Crippen LogP contribution in [0.25, 0.3) is 21.7 Å². The molecule has 1 amide bonds. The zero-order valence-corrected chi connectivity index (χ0v) is 15.8. The number of nitrogens with two attached hydrogens (primary N) is 1. The average Bonchev–Trinajstić information content (AvgIpc) is 3.28. The van der Waals surface area contributed by atoms with E-state index >= 15 is 0 Å². The number of para-hydroxylation sites is 1. The zero-order chi connectivity index (χ0) is 18.1. The molecule has 3 aromatic rings. The van der Waals surface area contributed by atoms with Crippen LogP contribution >= 0.6 is 11.3 Å². The van der Waals surface area contributed by atoms with Crippen LogP contribution in [-0.4, -0.2) is 33.9 Å². The minimum atomic E-state index is -0.446. The number of benzene rings is 1. The fourth-order valence-electron chi connectivity index (χ4n) is 3.87. The summed E-state index contributed by atoms with van der Waals surface area (Å²) in [4.78, 5) is 24.8. The highest BCUT2D eigenvalue weighted by molar-refractivity contribution is 7.15. The van der Waals surface area contributed by atoms with Gasteiger partial charge >= 0.3 is 0 Å². The van der Waals surface area contributed by atoms with Gasteiger partial charge in [-0.05, 0) is 56.6 Å². The standard InChI is InChI=1S/C20H24N4OS/c1-2-11-24-12-4-3-8-15(24)16-9-10-17(26-16)20-22-14-7-5-6-13(19(21)25)18(14)23-20/h5-7,9-10,15H,2-4,8,11-12H2,1H3,(H2,21,25)(H,22,23). The van der Waals surface area contributed by atoms with Crippen molar-refractivity contribution >= 4 is 28.3 Å². The normalized spacial score (nSPS) is 18.4. The number of H-pyrrole nitrogens is 1. The fraction of sp³-hybridized carbons (Fsp3) is 0.400. The number of aromatic nitrogens is 2. The number of hydrogen-bond acceptors (Lipinski definition) is 4. The van der Waals surface area contributed by atoms with Crippen molar-refractivity contribution in [3.8, 4) is 10.7 Å². The molecule has 3 N–H and O–H groups in total. The Hall–Kier alpha value is -2.18. The van der Waals surface area contributed by atoms with Crippen LogP contribution in [0.2, 0.25) is 0 Å². The third-order valence-electron chi connectivity index (χ3n) is 5.09. The van der Waals surface area contributed by atoms with Crippen LogP contribution in [-0.2, 0) is 0 Å². The van der Waals surface area contributed by atoms with E-state index in [1.54, 1.807) is 17.4 Å². The second-order valence-corrected chi connectivity index (χ2v) is 8.02. The Kier molecular flexibility index (Phi) is 4.78. The van der Waals surface area contributed by atoms with E-state index in [0.717, 1.165) is 22.8 Å². The Morgan fingerprint density at radius 3 is 3.04 bits per heavy atom. The number of rotatable bonds is 5. The summed E-state index contributed by atoms with van der Waals surface area (Å²) in [6.45, 7) is 4.60. The van der Waals surface area contributed by atoms with Crippen molar-refractivity contribution in [2.75, 3.05) is 13.1 Å². The number of nitrogens with zero attached hydrogens (tertiary/aromatic N) is 2. The molecular formula is C20H24N4OS. The largest absolute Gasteiger partial charge is 0.366 e. The van der Waals surface area contributed by atoms with Gasteiger partial charge in [0, 0.05) is 10.9 Å². The first kappa shape index (κ1) is 17.2. The molecule has 1 unspecified atom stereocenters. The minimum absolute atomic E-state index is 0.446. The number of amides is 1. The summed E-state index contributed by atoms with van der Waals surface area (Å²) in [7, 11) is 0. The number of likely N-dealkylation sites (tertiary alicyclic amines) is 1. The lowest BCUT2D eigenvalue weighted by Gasteiger charge is -2.34. The van der Waals surface area contributed by atoms with Gasteiger partial charge in [0.05, 0.1) is 16.0 Å². The highest BCUT2D eigenvalue weighted by Gasteiger charge is 2.25. The molecular weight excluding hydrogens is 344 g/mol. The van der Waals surface area contributed by atoms with E-state index in [-0.39, 0.29) is 0 Å². The van der Waals surface area contributed by atoms with Gasteiger partial charge in [-0.2, -0.15) is 0 Å². The second-order valence-electron chi connectivity index (χ2n) is 6.90. The third kappa shape index (κ3) is 3.15. The molecule has 1 atom stereocenters. The predicted molar refractivity (Wildman–Crippen MR) is 106 cm³/mol. The first-order chi connectivity index (χ1) is 12.7. The molecule has 0 spiro atoms. The van der Waals surface area contributed by atoms with Crippen LogP contribution in [0, 0.1) is 0 Å². The van der Waals surface area contributed by atoms with Crippen LogP contribution in [0.4, 0.5) is 0 Å². The molecule has 136 valence electrons. The maximum absolute atomic E-state index is 11.6. The Bertz CT molecular complexity index is 927. The number of piperidine rings is 1. The molecule has 1 saturated heterocycles. The molecule has 6 heteroatoms. The summed E-state index contributed by atoms with van der Waals surface area (Å²) in [5, 5.41) is 0. The molecule has 1 fully saturated rings. The molecule has 0 radical (unpaired) electrons. The number of primary amides is 1. The van der Waals surface area contributed by atoms with Gasteiger partial charge in [0.2, 0.25) is 0 Å². The third-order valence-corrected chi connectivity index (χ3v) is 6.28. The molecule has 0 saturated carbocycles. The Balaban J connectivity index is 1.66. The van der Waals surface area contributed by atoms with Gasteiger partial charge in [0.1, 0.15) is 11.3 Å². The van der Waals surface area contributed by atoms with Gasteiger partial charge in [-0.1, -0.05) is 19.4 Å². The van der Waals surface area contributed by atoms with Crippen LogP contribution in [0.1, 0.15) is 53.9 Å². The van der Waals surface area contributed by atoms with Gasteiger partial charge in [-0.25, -0.2) is 4.98 Å². The van der Waals surface area contributed by atoms with E-state index in [9.17, 15) is 4.79 Å².